The second-order valence-electron chi connectivity index (χ2n) is 3.59. The van der Waals surface area contributed by atoms with Gasteiger partial charge in [0.15, 0.2) is 0 Å². The topological polar surface area (TPSA) is 66.3 Å². The lowest BCUT2D eigenvalue weighted by atomic mass is 9.91. The van der Waals surface area contributed by atoms with Gasteiger partial charge in [-0.05, 0) is 30.8 Å². The van der Waals surface area contributed by atoms with Gasteiger partial charge in [0.1, 0.15) is 4.88 Å². The predicted molar refractivity (Wildman–Crippen MR) is 55.7 cm³/mol. The van der Waals surface area contributed by atoms with Gasteiger partial charge in [0.25, 0.3) is 5.91 Å². The summed E-state index contributed by atoms with van der Waals surface area (Å²) in [5.74, 6) is -0.0521. The van der Waals surface area contributed by atoms with Crippen LogP contribution in [0.5, 0.6) is 0 Å². The Bertz CT molecular complexity index is 324. The highest BCUT2D eigenvalue weighted by Gasteiger charge is 2.29. The zero-order valence-corrected chi connectivity index (χ0v) is 9.11. The molecule has 5 nitrogen and oxygen atoms in total. The third kappa shape index (κ3) is 2.15. The maximum atomic E-state index is 12.0. The van der Waals surface area contributed by atoms with Crippen molar-refractivity contribution in [2.75, 3.05) is 13.2 Å². The van der Waals surface area contributed by atoms with E-state index in [0.29, 0.717) is 17.5 Å². The van der Waals surface area contributed by atoms with Crippen LogP contribution in [0.1, 0.15) is 28.9 Å². The number of hydrogen-bond donors (Lipinski definition) is 1. The molecule has 1 amide bonds. The number of carbonyl (C=O) groups is 1. The average Bonchev–Trinajstić information content (AvgIpc) is 2.66. The third-order valence-corrected chi connectivity index (χ3v) is 3.34. The first-order valence-corrected chi connectivity index (χ1v) is 5.79. The summed E-state index contributed by atoms with van der Waals surface area (Å²) in [6.45, 7) is 0.413. The van der Waals surface area contributed by atoms with Crippen molar-refractivity contribution < 1.29 is 9.90 Å². The zero-order valence-electron chi connectivity index (χ0n) is 8.30. The molecule has 0 saturated heterocycles. The summed E-state index contributed by atoms with van der Waals surface area (Å²) in [5.41, 5.74) is 0. The van der Waals surface area contributed by atoms with Crippen molar-refractivity contribution in [2.45, 2.75) is 25.3 Å². The van der Waals surface area contributed by atoms with Crippen molar-refractivity contribution in [3.8, 4) is 0 Å². The first kappa shape index (κ1) is 10.5. The van der Waals surface area contributed by atoms with Gasteiger partial charge in [-0.25, -0.2) is 0 Å². The Morgan fingerprint density at radius 2 is 2.47 bits per heavy atom. The molecule has 1 saturated carbocycles. The maximum absolute atomic E-state index is 12.0. The Balaban J connectivity index is 2.06. The van der Waals surface area contributed by atoms with Crippen molar-refractivity contribution >= 4 is 17.4 Å². The smallest absolute Gasteiger partial charge is 0.267 e. The van der Waals surface area contributed by atoms with E-state index in [-0.39, 0.29) is 12.5 Å². The fourth-order valence-corrected chi connectivity index (χ4v) is 2.13. The Kier molecular flexibility index (Phi) is 3.27. The standard InChI is InChI=1S/C9H13N3O2S/c13-5-4-12(7-2-1-3-7)9(14)8-6-10-11-15-8/h6-7,13H,1-5H2. The van der Waals surface area contributed by atoms with E-state index in [1.807, 2.05) is 0 Å². The fourth-order valence-electron chi connectivity index (χ4n) is 1.66. The highest BCUT2D eigenvalue weighted by atomic mass is 32.1. The SMILES string of the molecule is O=C(c1cnns1)N(CCO)C1CCC1. The van der Waals surface area contributed by atoms with Crippen LogP contribution in [0.3, 0.4) is 0 Å². The minimum Gasteiger partial charge on any atom is -0.395 e. The summed E-state index contributed by atoms with van der Waals surface area (Å²) >= 11 is 1.10. The van der Waals surface area contributed by atoms with E-state index in [4.69, 9.17) is 5.11 Å². The largest absolute Gasteiger partial charge is 0.395 e. The van der Waals surface area contributed by atoms with E-state index < -0.39 is 0 Å². The van der Waals surface area contributed by atoms with Crippen molar-refractivity contribution in [3.05, 3.63) is 11.1 Å². The molecule has 82 valence electrons. The molecular weight excluding hydrogens is 214 g/mol. The lowest BCUT2D eigenvalue weighted by Gasteiger charge is -2.36. The molecule has 0 aromatic carbocycles. The summed E-state index contributed by atoms with van der Waals surface area (Å²) in [6.07, 6.45) is 4.73. The van der Waals surface area contributed by atoms with Crippen LogP contribution < -0.4 is 0 Å². The highest BCUT2D eigenvalue weighted by molar-refractivity contribution is 7.07. The monoisotopic (exact) mass is 227 g/mol. The number of carbonyl (C=O) groups excluding carboxylic acids is 1. The first-order valence-electron chi connectivity index (χ1n) is 5.02. The molecule has 0 aliphatic heterocycles. The van der Waals surface area contributed by atoms with E-state index in [9.17, 15) is 4.79 Å². The normalized spacial score (nSPS) is 16.1. The predicted octanol–water partition coefficient (Wildman–Crippen LogP) is 0.525. The molecule has 1 aliphatic rings. The highest BCUT2D eigenvalue weighted by Crippen LogP contribution is 2.26. The van der Waals surface area contributed by atoms with Crippen molar-refractivity contribution in [1.82, 2.24) is 14.5 Å². The Morgan fingerprint density at radius 3 is 2.93 bits per heavy atom. The van der Waals surface area contributed by atoms with Gasteiger partial charge < -0.3 is 10.0 Å². The third-order valence-electron chi connectivity index (χ3n) is 2.69. The molecule has 1 N–H and O–H groups in total. The van der Waals surface area contributed by atoms with Crippen LogP contribution in [-0.4, -0.2) is 44.7 Å². The second-order valence-corrected chi connectivity index (χ2v) is 4.37. The van der Waals surface area contributed by atoms with Crippen LogP contribution in [0.15, 0.2) is 6.20 Å². The molecule has 1 heterocycles. The van der Waals surface area contributed by atoms with Gasteiger partial charge in [-0.1, -0.05) is 4.49 Å². The molecule has 1 fully saturated rings. The van der Waals surface area contributed by atoms with E-state index in [2.05, 4.69) is 9.59 Å². The zero-order chi connectivity index (χ0) is 10.7. The van der Waals surface area contributed by atoms with Crippen LogP contribution in [-0.2, 0) is 0 Å². The van der Waals surface area contributed by atoms with Crippen molar-refractivity contribution in [2.24, 2.45) is 0 Å². The molecular formula is C9H13N3O2S. The van der Waals surface area contributed by atoms with E-state index in [1.54, 1.807) is 4.90 Å². The minimum atomic E-state index is -0.0521. The number of aliphatic hydroxyl groups excluding tert-OH is 1. The van der Waals surface area contributed by atoms with Crippen molar-refractivity contribution in [1.29, 1.82) is 0 Å². The molecule has 0 radical (unpaired) electrons. The quantitative estimate of drug-likeness (QED) is 0.814. The van der Waals surface area contributed by atoms with Gasteiger partial charge in [-0.15, -0.1) is 5.10 Å². The Morgan fingerprint density at radius 1 is 1.67 bits per heavy atom. The van der Waals surface area contributed by atoms with Crippen LogP contribution in [0.25, 0.3) is 0 Å². The number of hydrogen-bond acceptors (Lipinski definition) is 5. The summed E-state index contributed by atoms with van der Waals surface area (Å²) in [6, 6.07) is 0.298. The van der Waals surface area contributed by atoms with Crippen LogP contribution in [0.4, 0.5) is 0 Å². The fraction of sp³-hybridized carbons (Fsp3) is 0.667. The molecule has 0 unspecified atom stereocenters. The molecule has 1 aliphatic carbocycles. The van der Waals surface area contributed by atoms with Crippen LogP contribution in [0.2, 0.25) is 0 Å². The number of nitrogens with zero attached hydrogens (tertiary/aromatic N) is 3. The van der Waals surface area contributed by atoms with Gasteiger partial charge in [-0.3, -0.25) is 4.79 Å². The summed E-state index contributed by atoms with van der Waals surface area (Å²) in [5, 5.41) is 12.6. The van der Waals surface area contributed by atoms with Gasteiger partial charge in [0, 0.05) is 12.6 Å². The number of aliphatic hydroxyl groups is 1. The van der Waals surface area contributed by atoms with Gasteiger partial charge in [0.2, 0.25) is 0 Å². The summed E-state index contributed by atoms with van der Waals surface area (Å²) < 4.78 is 3.67. The van der Waals surface area contributed by atoms with Crippen LogP contribution >= 0.6 is 11.5 Å². The van der Waals surface area contributed by atoms with Crippen molar-refractivity contribution in [3.63, 3.8) is 0 Å². The number of aromatic nitrogens is 2. The molecule has 1 aromatic rings. The molecule has 15 heavy (non-hydrogen) atoms. The number of rotatable bonds is 4. The van der Waals surface area contributed by atoms with E-state index in [1.165, 1.54) is 12.6 Å². The average molecular weight is 227 g/mol. The Labute approximate surface area is 91.9 Å². The lowest BCUT2D eigenvalue weighted by molar-refractivity contribution is 0.0530. The molecule has 1 aromatic heterocycles. The maximum Gasteiger partial charge on any atom is 0.267 e. The molecule has 0 bridgehead atoms. The Hall–Kier alpha value is -1.01. The van der Waals surface area contributed by atoms with Gasteiger partial charge in [0.05, 0.1) is 12.8 Å². The van der Waals surface area contributed by atoms with Gasteiger partial charge in [-0.2, -0.15) is 0 Å². The first-order chi connectivity index (χ1) is 7.33. The second kappa shape index (κ2) is 4.67. The summed E-state index contributed by atoms with van der Waals surface area (Å²) in [7, 11) is 0. The minimum absolute atomic E-state index is 0.00841. The van der Waals surface area contributed by atoms with E-state index >= 15 is 0 Å². The lowest BCUT2D eigenvalue weighted by Crippen LogP contribution is -2.45. The molecule has 0 atom stereocenters. The van der Waals surface area contributed by atoms with E-state index in [0.717, 1.165) is 24.4 Å². The molecule has 2 rings (SSSR count). The molecule has 0 spiro atoms. The molecule has 6 heteroatoms. The number of amides is 1. The summed E-state index contributed by atoms with van der Waals surface area (Å²) in [4.78, 5) is 14.3. The van der Waals surface area contributed by atoms with Crippen LogP contribution in [0, 0.1) is 0 Å². The van der Waals surface area contributed by atoms with Gasteiger partial charge >= 0.3 is 0 Å².